The molecule has 0 saturated heterocycles. The summed E-state index contributed by atoms with van der Waals surface area (Å²) in [5, 5.41) is 6.03. The SMILES string of the molecule is CC(C)C(NC1CC1c1ccccc1)c1cccs1. The van der Waals surface area contributed by atoms with Crippen molar-refractivity contribution in [2.24, 2.45) is 5.92 Å². The van der Waals surface area contributed by atoms with E-state index in [1.54, 1.807) is 0 Å². The van der Waals surface area contributed by atoms with Crippen molar-refractivity contribution in [3.63, 3.8) is 0 Å². The third-order valence-electron chi connectivity index (χ3n) is 3.93. The van der Waals surface area contributed by atoms with Gasteiger partial charge in [-0.2, -0.15) is 0 Å². The van der Waals surface area contributed by atoms with Crippen LogP contribution in [0, 0.1) is 5.92 Å². The summed E-state index contributed by atoms with van der Waals surface area (Å²) in [7, 11) is 0. The van der Waals surface area contributed by atoms with Crippen molar-refractivity contribution in [3.05, 3.63) is 58.3 Å². The summed E-state index contributed by atoms with van der Waals surface area (Å²) >= 11 is 1.86. The Morgan fingerprint density at radius 3 is 2.53 bits per heavy atom. The first kappa shape index (κ1) is 12.9. The molecule has 1 N–H and O–H groups in total. The molecule has 3 unspecified atom stereocenters. The van der Waals surface area contributed by atoms with Crippen LogP contribution in [0.15, 0.2) is 47.8 Å². The Hall–Kier alpha value is -1.12. The average molecular weight is 271 g/mol. The molecule has 1 aliphatic carbocycles. The lowest BCUT2D eigenvalue weighted by Crippen LogP contribution is -2.27. The molecule has 1 aromatic heterocycles. The summed E-state index contributed by atoms with van der Waals surface area (Å²) in [5.74, 6) is 1.35. The van der Waals surface area contributed by atoms with Gasteiger partial charge in [-0.25, -0.2) is 0 Å². The van der Waals surface area contributed by atoms with E-state index >= 15 is 0 Å². The quantitative estimate of drug-likeness (QED) is 0.838. The lowest BCUT2D eigenvalue weighted by Gasteiger charge is -2.21. The van der Waals surface area contributed by atoms with Gasteiger partial charge in [-0.15, -0.1) is 11.3 Å². The molecule has 2 heteroatoms. The third-order valence-corrected chi connectivity index (χ3v) is 4.88. The second-order valence-electron chi connectivity index (χ2n) is 5.76. The summed E-state index contributed by atoms with van der Waals surface area (Å²) in [5.41, 5.74) is 1.48. The van der Waals surface area contributed by atoms with E-state index in [9.17, 15) is 0 Å². The smallest absolute Gasteiger partial charge is 0.0440 e. The minimum atomic E-state index is 0.499. The molecule has 1 heterocycles. The zero-order valence-electron chi connectivity index (χ0n) is 11.5. The minimum Gasteiger partial charge on any atom is -0.306 e. The number of nitrogens with one attached hydrogen (secondary N) is 1. The monoisotopic (exact) mass is 271 g/mol. The van der Waals surface area contributed by atoms with Gasteiger partial charge in [0.15, 0.2) is 0 Å². The summed E-state index contributed by atoms with van der Waals surface area (Å²) in [4.78, 5) is 1.47. The van der Waals surface area contributed by atoms with Gasteiger partial charge in [0.2, 0.25) is 0 Å². The summed E-state index contributed by atoms with van der Waals surface area (Å²) in [6.45, 7) is 4.61. The van der Waals surface area contributed by atoms with Crippen LogP contribution in [-0.2, 0) is 0 Å². The van der Waals surface area contributed by atoms with Crippen LogP contribution in [0.4, 0.5) is 0 Å². The van der Waals surface area contributed by atoms with E-state index in [0.717, 1.165) is 0 Å². The lowest BCUT2D eigenvalue weighted by molar-refractivity contribution is 0.412. The maximum Gasteiger partial charge on any atom is 0.0440 e. The molecular formula is C17H21NS. The highest BCUT2D eigenvalue weighted by atomic mass is 32.1. The van der Waals surface area contributed by atoms with Crippen LogP contribution in [0.25, 0.3) is 0 Å². The zero-order valence-corrected chi connectivity index (χ0v) is 12.4. The first-order valence-corrected chi connectivity index (χ1v) is 7.98. The second kappa shape index (κ2) is 5.48. The molecule has 0 spiro atoms. The van der Waals surface area contributed by atoms with Crippen LogP contribution in [0.3, 0.4) is 0 Å². The van der Waals surface area contributed by atoms with Gasteiger partial charge >= 0.3 is 0 Å². The van der Waals surface area contributed by atoms with Crippen molar-refractivity contribution in [3.8, 4) is 0 Å². The van der Waals surface area contributed by atoms with Crippen LogP contribution in [0.2, 0.25) is 0 Å². The van der Waals surface area contributed by atoms with Crippen LogP contribution >= 0.6 is 11.3 Å². The molecule has 0 radical (unpaired) electrons. The highest BCUT2D eigenvalue weighted by molar-refractivity contribution is 7.10. The molecule has 100 valence electrons. The summed E-state index contributed by atoms with van der Waals surface area (Å²) in [6.07, 6.45) is 1.28. The molecule has 3 rings (SSSR count). The maximum absolute atomic E-state index is 3.85. The summed E-state index contributed by atoms with van der Waals surface area (Å²) in [6, 6.07) is 16.4. The molecule has 1 saturated carbocycles. The van der Waals surface area contributed by atoms with E-state index in [0.29, 0.717) is 23.9 Å². The molecule has 1 aliphatic rings. The predicted octanol–water partition coefficient (Wildman–Crippen LogP) is 4.59. The van der Waals surface area contributed by atoms with Gasteiger partial charge in [0.25, 0.3) is 0 Å². The normalized spacial score (nSPS) is 23.5. The highest BCUT2D eigenvalue weighted by Gasteiger charge is 2.40. The van der Waals surface area contributed by atoms with E-state index in [2.05, 4.69) is 67.0 Å². The number of benzene rings is 1. The molecule has 1 nitrogen and oxygen atoms in total. The largest absolute Gasteiger partial charge is 0.306 e. The first-order valence-electron chi connectivity index (χ1n) is 7.10. The Labute approximate surface area is 119 Å². The lowest BCUT2D eigenvalue weighted by atomic mass is 10.0. The van der Waals surface area contributed by atoms with Gasteiger partial charge in [-0.05, 0) is 29.3 Å². The summed E-state index contributed by atoms with van der Waals surface area (Å²) < 4.78 is 0. The third kappa shape index (κ3) is 2.90. The molecule has 2 aromatic rings. The number of hydrogen-bond acceptors (Lipinski definition) is 2. The van der Waals surface area contributed by atoms with E-state index < -0.39 is 0 Å². The standard InChI is InChI=1S/C17H21NS/c1-12(2)17(16-9-6-10-19-16)18-15-11-14(15)13-7-4-3-5-8-13/h3-10,12,14-15,17-18H,11H2,1-2H3. The first-order chi connectivity index (χ1) is 9.25. The van der Waals surface area contributed by atoms with Crippen LogP contribution in [0.1, 0.15) is 42.7 Å². The van der Waals surface area contributed by atoms with Gasteiger partial charge in [0.05, 0.1) is 0 Å². The predicted molar refractivity (Wildman–Crippen MR) is 82.6 cm³/mol. The van der Waals surface area contributed by atoms with Gasteiger partial charge in [-0.1, -0.05) is 50.2 Å². The molecule has 1 aromatic carbocycles. The Kier molecular flexibility index (Phi) is 3.72. The Balaban J connectivity index is 1.66. The van der Waals surface area contributed by atoms with Crippen LogP contribution in [0.5, 0.6) is 0 Å². The van der Waals surface area contributed by atoms with Gasteiger partial charge in [0, 0.05) is 22.9 Å². The molecular weight excluding hydrogens is 250 g/mol. The van der Waals surface area contributed by atoms with E-state index in [1.807, 2.05) is 11.3 Å². The van der Waals surface area contributed by atoms with Crippen molar-refractivity contribution in [2.45, 2.75) is 38.3 Å². The van der Waals surface area contributed by atoms with Gasteiger partial charge in [0.1, 0.15) is 0 Å². The topological polar surface area (TPSA) is 12.0 Å². The van der Waals surface area contributed by atoms with Crippen LogP contribution < -0.4 is 5.32 Å². The molecule has 19 heavy (non-hydrogen) atoms. The number of hydrogen-bond donors (Lipinski definition) is 1. The van der Waals surface area contributed by atoms with E-state index in [4.69, 9.17) is 0 Å². The van der Waals surface area contributed by atoms with Gasteiger partial charge < -0.3 is 5.32 Å². The Morgan fingerprint density at radius 1 is 1.11 bits per heavy atom. The average Bonchev–Trinajstić information content (AvgIpc) is 2.99. The van der Waals surface area contributed by atoms with Crippen molar-refractivity contribution < 1.29 is 0 Å². The van der Waals surface area contributed by atoms with Crippen molar-refractivity contribution in [1.82, 2.24) is 5.32 Å². The van der Waals surface area contributed by atoms with E-state index in [1.165, 1.54) is 16.9 Å². The molecule has 0 aliphatic heterocycles. The number of thiophene rings is 1. The van der Waals surface area contributed by atoms with Crippen molar-refractivity contribution >= 4 is 11.3 Å². The Morgan fingerprint density at radius 2 is 1.89 bits per heavy atom. The Bertz CT molecular complexity index is 503. The van der Waals surface area contributed by atoms with Crippen LogP contribution in [-0.4, -0.2) is 6.04 Å². The second-order valence-corrected chi connectivity index (χ2v) is 6.74. The fourth-order valence-electron chi connectivity index (χ4n) is 2.75. The minimum absolute atomic E-state index is 0.499. The van der Waals surface area contributed by atoms with Crippen molar-refractivity contribution in [2.75, 3.05) is 0 Å². The molecule has 3 atom stereocenters. The van der Waals surface area contributed by atoms with E-state index in [-0.39, 0.29) is 0 Å². The fourth-order valence-corrected chi connectivity index (χ4v) is 3.71. The highest BCUT2D eigenvalue weighted by Crippen LogP contribution is 2.43. The number of rotatable bonds is 5. The zero-order chi connectivity index (χ0) is 13.2. The molecule has 1 fully saturated rings. The van der Waals surface area contributed by atoms with Gasteiger partial charge in [-0.3, -0.25) is 0 Å². The fraction of sp³-hybridized carbons (Fsp3) is 0.412. The maximum atomic E-state index is 3.85. The molecule has 0 amide bonds. The molecule has 0 bridgehead atoms. The van der Waals surface area contributed by atoms with Crippen molar-refractivity contribution in [1.29, 1.82) is 0 Å².